The number of phenolic OH excluding ortho intramolecular Hbond substituents is 1. The number of aliphatic hydroxyl groups excluding tert-OH is 2. The molecule has 2 saturated carbocycles. The van der Waals surface area contributed by atoms with Crippen molar-refractivity contribution in [2.75, 3.05) is 11.9 Å². The highest BCUT2D eigenvalue weighted by atomic mass is 79.9. The normalized spacial score (nSPS) is 38.3. The monoisotopic (exact) mass is 464 g/mol. The fraction of sp³-hybridized carbons (Fsp3) is 0.760. The van der Waals surface area contributed by atoms with Crippen molar-refractivity contribution in [3.63, 3.8) is 0 Å². The van der Waals surface area contributed by atoms with Crippen molar-refractivity contribution in [1.82, 2.24) is 0 Å². The topological polar surface area (TPSA) is 60.7 Å². The summed E-state index contributed by atoms with van der Waals surface area (Å²) in [4.78, 5) is 0. The number of aliphatic hydroxyl groups is 2. The fourth-order valence-electron chi connectivity index (χ4n) is 7.28. The summed E-state index contributed by atoms with van der Waals surface area (Å²) < 4.78 is 0. The van der Waals surface area contributed by atoms with Crippen LogP contribution in [0.25, 0.3) is 0 Å². The molecule has 0 bridgehead atoms. The molecule has 0 unspecified atom stereocenters. The van der Waals surface area contributed by atoms with E-state index in [0.717, 1.165) is 50.3 Å². The quantitative estimate of drug-likeness (QED) is 0.366. The van der Waals surface area contributed by atoms with Crippen molar-refractivity contribution >= 4 is 15.9 Å². The van der Waals surface area contributed by atoms with E-state index in [1.54, 1.807) is 0 Å². The Labute approximate surface area is 184 Å². The molecule has 6 atom stereocenters. The van der Waals surface area contributed by atoms with Crippen molar-refractivity contribution in [1.29, 1.82) is 0 Å². The summed E-state index contributed by atoms with van der Waals surface area (Å²) in [5, 5.41) is 32.9. The molecule has 0 heterocycles. The van der Waals surface area contributed by atoms with Gasteiger partial charge in [-0.15, -0.1) is 0 Å². The molecule has 3 nitrogen and oxygen atoms in total. The van der Waals surface area contributed by atoms with Gasteiger partial charge in [-0.25, -0.2) is 0 Å². The Balaban J connectivity index is 1.54. The highest BCUT2D eigenvalue weighted by Gasteiger charge is 2.63. The molecule has 4 rings (SSSR count). The smallest absolute Gasteiger partial charge is 0.115 e. The van der Waals surface area contributed by atoms with Crippen molar-refractivity contribution in [3.8, 4) is 5.75 Å². The summed E-state index contributed by atoms with van der Waals surface area (Å²) in [5.74, 6) is 1.98. The molecule has 2 fully saturated rings. The molecule has 0 radical (unpaired) electrons. The first-order valence-corrected chi connectivity index (χ1v) is 12.7. The van der Waals surface area contributed by atoms with Gasteiger partial charge in [0, 0.05) is 10.7 Å². The van der Waals surface area contributed by atoms with Gasteiger partial charge in [-0.3, -0.25) is 0 Å². The summed E-state index contributed by atoms with van der Waals surface area (Å²) in [6, 6.07) is 5.93. The molecular formula is C25H37BrO3. The van der Waals surface area contributed by atoms with Crippen LogP contribution < -0.4 is 0 Å². The molecule has 162 valence electrons. The summed E-state index contributed by atoms with van der Waals surface area (Å²) in [5.41, 5.74) is 2.34. The molecule has 0 spiro atoms. The van der Waals surface area contributed by atoms with E-state index in [2.05, 4.69) is 28.9 Å². The van der Waals surface area contributed by atoms with E-state index < -0.39 is 6.10 Å². The first-order valence-electron chi connectivity index (χ1n) is 11.6. The summed E-state index contributed by atoms with van der Waals surface area (Å²) in [6.07, 6.45) is 10.5. The van der Waals surface area contributed by atoms with Crippen LogP contribution >= 0.6 is 15.9 Å². The number of rotatable bonds is 7. The summed E-state index contributed by atoms with van der Waals surface area (Å²) in [6.45, 7) is 2.41. The molecule has 0 amide bonds. The largest absolute Gasteiger partial charge is 0.508 e. The summed E-state index contributed by atoms with van der Waals surface area (Å²) in [7, 11) is 0. The number of halogens is 1. The Morgan fingerprint density at radius 3 is 2.69 bits per heavy atom. The van der Waals surface area contributed by atoms with Gasteiger partial charge < -0.3 is 15.3 Å². The molecule has 3 N–H and O–H groups in total. The zero-order valence-electron chi connectivity index (χ0n) is 17.7. The lowest BCUT2D eigenvalue weighted by molar-refractivity contribution is -0.0715. The Hall–Kier alpha value is -0.580. The van der Waals surface area contributed by atoms with E-state index in [1.165, 1.54) is 30.4 Å². The molecular weight excluding hydrogens is 428 g/mol. The summed E-state index contributed by atoms with van der Waals surface area (Å²) >= 11 is 3.50. The number of benzene rings is 1. The standard InChI is InChI=1S/C25H37BrO3/c1-24-12-10-20-19-9-7-18(28)14-17(19)6-8-21(20)22(24)15-25(16-27,23(24)29)11-4-2-3-5-13-26/h7,9,14,20-23,27-29H,2-6,8,10-13,15-16H2,1H3/t20-,21-,22+,23-,24+,25-/m1/s1. The van der Waals surface area contributed by atoms with Crippen LogP contribution in [-0.2, 0) is 6.42 Å². The molecule has 0 aliphatic heterocycles. The molecule has 3 aliphatic carbocycles. The minimum atomic E-state index is -0.400. The van der Waals surface area contributed by atoms with Crippen LogP contribution in [-0.4, -0.2) is 33.4 Å². The van der Waals surface area contributed by atoms with Crippen molar-refractivity contribution in [3.05, 3.63) is 29.3 Å². The second kappa shape index (κ2) is 8.51. The van der Waals surface area contributed by atoms with Gasteiger partial charge >= 0.3 is 0 Å². The molecule has 1 aromatic rings. The Morgan fingerprint density at radius 2 is 1.93 bits per heavy atom. The molecule has 29 heavy (non-hydrogen) atoms. The minimum Gasteiger partial charge on any atom is -0.508 e. The highest BCUT2D eigenvalue weighted by molar-refractivity contribution is 9.09. The molecule has 0 aromatic heterocycles. The number of hydrogen-bond acceptors (Lipinski definition) is 3. The van der Waals surface area contributed by atoms with Crippen LogP contribution in [0.3, 0.4) is 0 Å². The van der Waals surface area contributed by atoms with Gasteiger partial charge in [-0.05, 0) is 91.4 Å². The third-order valence-corrected chi connectivity index (χ3v) is 9.41. The predicted molar refractivity (Wildman–Crippen MR) is 121 cm³/mol. The van der Waals surface area contributed by atoms with Crippen LogP contribution in [0, 0.1) is 22.7 Å². The molecule has 3 aliphatic rings. The second-order valence-electron chi connectivity index (χ2n) is 10.3. The Morgan fingerprint density at radius 1 is 1.14 bits per heavy atom. The van der Waals surface area contributed by atoms with Crippen LogP contribution in [0.4, 0.5) is 0 Å². The van der Waals surface area contributed by atoms with Crippen LogP contribution in [0.2, 0.25) is 0 Å². The van der Waals surface area contributed by atoms with Crippen molar-refractivity contribution in [2.45, 2.75) is 83.2 Å². The maximum absolute atomic E-state index is 11.5. The molecule has 0 saturated heterocycles. The van der Waals surface area contributed by atoms with Gasteiger partial charge in [0.25, 0.3) is 0 Å². The van der Waals surface area contributed by atoms with E-state index >= 15 is 0 Å². The lowest BCUT2D eigenvalue weighted by Crippen LogP contribution is -2.46. The lowest BCUT2D eigenvalue weighted by atomic mass is 9.55. The SMILES string of the molecule is C[C@]12CC[C@@H]3c4ccc(O)cc4CC[C@H]3[C@@H]1C[C@@](CO)(CCCCCCBr)[C@@H]2O. The van der Waals surface area contributed by atoms with Gasteiger partial charge in [0.1, 0.15) is 5.75 Å². The number of aromatic hydroxyl groups is 1. The van der Waals surface area contributed by atoms with Gasteiger partial charge in [-0.1, -0.05) is 48.2 Å². The van der Waals surface area contributed by atoms with E-state index in [9.17, 15) is 15.3 Å². The van der Waals surface area contributed by atoms with Gasteiger partial charge in [-0.2, -0.15) is 0 Å². The second-order valence-corrected chi connectivity index (χ2v) is 11.1. The van der Waals surface area contributed by atoms with Crippen LogP contribution in [0.1, 0.15) is 81.8 Å². The average Bonchev–Trinajstić information content (AvgIpc) is 2.95. The van der Waals surface area contributed by atoms with Gasteiger partial charge in [0.2, 0.25) is 0 Å². The highest BCUT2D eigenvalue weighted by Crippen LogP contribution is 2.66. The fourth-order valence-corrected chi connectivity index (χ4v) is 7.68. The van der Waals surface area contributed by atoms with E-state index in [1.807, 2.05) is 12.1 Å². The molecule has 4 heteroatoms. The zero-order valence-corrected chi connectivity index (χ0v) is 19.3. The Kier molecular flexibility index (Phi) is 6.35. The number of hydrogen-bond donors (Lipinski definition) is 3. The molecule has 1 aromatic carbocycles. The maximum atomic E-state index is 11.5. The predicted octanol–water partition coefficient (Wildman–Crippen LogP) is 5.54. The number of alkyl halides is 1. The van der Waals surface area contributed by atoms with Gasteiger partial charge in [0.05, 0.1) is 12.7 Å². The van der Waals surface area contributed by atoms with Crippen molar-refractivity contribution < 1.29 is 15.3 Å². The lowest BCUT2D eigenvalue weighted by Gasteiger charge is -2.50. The van der Waals surface area contributed by atoms with Crippen LogP contribution in [0.15, 0.2) is 18.2 Å². The Bertz CT molecular complexity index is 722. The third-order valence-electron chi connectivity index (χ3n) is 8.85. The number of fused-ring (bicyclic) bond motifs is 5. The van der Waals surface area contributed by atoms with E-state index in [-0.39, 0.29) is 17.4 Å². The van der Waals surface area contributed by atoms with E-state index in [4.69, 9.17) is 0 Å². The van der Waals surface area contributed by atoms with Gasteiger partial charge in [0.15, 0.2) is 0 Å². The average molecular weight is 465 g/mol. The van der Waals surface area contributed by atoms with Crippen molar-refractivity contribution in [2.24, 2.45) is 22.7 Å². The zero-order chi connectivity index (χ0) is 20.6. The first kappa shape index (κ1) is 21.6. The van der Waals surface area contributed by atoms with Crippen LogP contribution in [0.5, 0.6) is 5.75 Å². The number of phenols is 1. The first-order chi connectivity index (χ1) is 13.9. The number of unbranched alkanes of at least 4 members (excludes halogenated alkanes) is 3. The minimum absolute atomic E-state index is 0.0752. The number of aryl methyl sites for hydroxylation is 1. The van der Waals surface area contributed by atoms with E-state index in [0.29, 0.717) is 23.5 Å². The third kappa shape index (κ3) is 3.68. The maximum Gasteiger partial charge on any atom is 0.115 e.